The van der Waals surface area contributed by atoms with E-state index in [1.807, 2.05) is 52.7 Å². The molecule has 5 aromatic rings. The third kappa shape index (κ3) is 3.45. The Bertz CT molecular complexity index is 1360. The molecule has 0 atom stereocenters. The molecule has 0 aliphatic rings. The lowest BCUT2D eigenvalue weighted by molar-refractivity contribution is 0.298. The Kier molecular flexibility index (Phi) is 4.45. The van der Waals surface area contributed by atoms with Crippen LogP contribution in [0, 0.1) is 0 Å². The van der Waals surface area contributed by atoms with Crippen molar-refractivity contribution >= 4 is 32.4 Å². The van der Waals surface area contributed by atoms with Crippen molar-refractivity contribution in [1.29, 1.82) is 0 Å². The average Bonchev–Trinajstić information content (AvgIpc) is 3.44. The van der Waals surface area contributed by atoms with Gasteiger partial charge in [-0.1, -0.05) is 5.16 Å². The Hall–Kier alpha value is -3.65. The minimum atomic E-state index is 0.398. The van der Waals surface area contributed by atoms with Crippen molar-refractivity contribution in [1.82, 2.24) is 14.5 Å². The Labute approximate surface area is 169 Å². The van der Waals surface area contributed by atoms with Gasteiger partial charge in [-0.2, -0.15) is 0 Å². The molecule has 0 saturated carbocycles. The minimum absolute atomic E-state index is 0.398. The SMILES string of the molecule is O/N=c1\cc(-c2cc3sccc3cn2)oc2ccc(OCCn3ccnc3)cc12. The van der Waals surface area contributed by atoms with Crippen LogP contribution in [0.4, 0.5) is 0 Å². The third-order valence-corrected chi connectivity index (χ3v) is 5.47. The highest BCUT2D eigenvalue weighted by atomic mass is 32.1. The maximum absolute atomic E-state index is 9.55. The largest absolute Gasteiger partial charge is 0.492 e. The smallest absolute Gasteiger partial charge is 0.155 e. The topological polar surface area (TPSA) is 85.7 Å². The molecule has 0 unspecified atom stereocenters. The van der Waals surface area contributed by atoms with Gasteiger partial charge in [0.1, 0.15) is 29.0 Å². The maximum Gasteiger partial charge on any atom is 0.155 e. The zero-order valence-corrected chi connectivity index (χ0v) is 16.0. The number of rotatable bonds is 5. The number of aromatic nitrogens is 3. The van der Waals surface area contributed by atoms with Gasteiger partial charge in [0.15, 0.2) is 5.76 Å². The molecule has 1 aromatic carbocycles. The number of nitrogens with zero attached hydrogens (tertiary/aromatic N) is 4. The summed E-state index contributed by atoms with van der Waals surface area (Å²) in [6, 6.07) is 11.1. The summed E-state index contributed by atoms with van der Waals surface area (Å²) in [4.78, 5) is 8.48. The Morgan fingerprint density at radius 1 is 1.21 bits per heavy atom. The molecule has 0 fully saturated rings. The number of benzene rings is 1. The first kappa shape index (κ1) is 17.4. The monoisotopic (exact) mass is 404 g/mol. The van der Waals surface area contributed by atoms with E-state index in [0.717, 1.165) is 10.1 Å². The Balaban J connectivity index is 1.47. The third-order valence-electron chi connectivity index (χ3n) is 4.59. The summed E-state index contributed by atoms with van der Waals surface area (Å²) >= 11 is 1.64. The van der Waals surface area contributed by atoms with Crippen LogP contribution in [0.2, 0.25) is 0 Å². The summed E-state index contributed by atoms with van der Waals surface area (Å²) < 4.78 is 14.9. The number of ether oxygens (including phenoxy) is 1. The number of hydrogen-bond acceptors (Lipinski definition) is 7. The van der Waals surface area contributed by atoms with E-state index in [1.54, 1.807) is 29.9 Å². The van der Waals surface area contributed by atoms with Gasteiger partial charge in [0, 0.05) is 34.7 Å². The van der Waals surface area contributed by atoms with Crippen molar-refractivity contribution in [2.24, 2.45) is 5.16 Å². The summed E-state index contributed by atoms with van der Waals surface area (Å²) in [6.45, 7) is 1.18. The molecular formula is C21H16N4O3S. The lowest BCUT2D eigenvalue weighted by Gasteiger charge is -2.09. The first-order valence-electron chi connectivity index (χ1n) is 8.98. The van der Waals surface area contributed by atoms with Gasteiger partial charge in [-0.3, -0.25) is 4.98 Å². The van der Waals surface area contributed by atoms with E-state index in [4.69, 9.17) is 9.15 Å². The molecule has 4 aromatic heterocycles. The molecule has 1 N–H and O–H groups in total. The molecule has 8 heteroatoms. The van der Waals surface area contributed by atoms with E-state index < -0.39 is 0 Å². The summed E-state index contributed by atoms with van der Waals surface area (Å²) in [7, 11) is 0. The van der Waals surface area contributed by atoms with Crippen molar-refractivity contribution in [3.8, 4) is 17.2 Å². The molecule has 0 saturated heterocycles. The van der Waals surface area contributed by atoms with Crippen molar-refractivity contribution in [3.63, 3.8) is 0 Å². The van der Waals surface area contributed by atoms with Crippen LogP contribution in [0.15, 0.2) is 76.3 Å². The van der Waals surface area contributed by atoms with Crippen LogP contribution in [-0.2, 0) is 6.54 Å². The summed E-state index contributed by atoms with van der Waals surface area (Å²) in [6.07, 6.45) is 7.17. The zero-order chi connectivity index (χ0) is 19.6. The Morgan fingerprint density at radius 3 is 3.03 bits per heavy atom. The molecular weight excluding hydrogens is 388 g/mol. The molecule has 7 nitrogen and oxygen atoms in total. The number of hydrogen-bond donors (Lipinski definition) is 1. The highest BCUT2D eigenvalue weighted by Gasteiger charge is 2.10. The van der Waals surface area contributed by atoms with Crippen LogP contribution in [0.5, 0.6) is 5.75 Å². The van der Waals surface area contributed by atoms with Gasteiger partial charge in [0.25, 0.3) is 0 Å². The van der Waals surface area contributed by atoms with Crippen LogP contribution >= 0.6 is 11.3 Å². The van der Waals surface area contributed by atoms with Crippen molar-refractivity contribution in [2.45, 2.75) is 6.54 Å². The van der Waals surface area contributed by atoms with Gasteiger partial charge in [-0.05, 0) is 35.7 Å². The fraction of sp³-hybridized carbons (Fsp3) is 0.0952. The number of fused-ring (bicyclic) bond motifs is 2. The summed E-state index contributed by atoms with van der Waals surface area (Å²) in [5.74, 6) is 1.21. The van der Waals surface area contributed by atoms with Crippen molar-refractivity contribution in [2.75, 3.05) is 6.61 Å². The molecule has 5 rings (SSSR count). The predicted octanol–water partition coefficient (Wildman–Crippen LogP) is 4.27. The standard InChI is InChI=1S/C21H16N4O3S/c26-24-17-10-20(18-11-21-14(12-23-18)3-8-29-21)28-19-2-1-15(9-16(17)19)27-7-6-25-5-4-22-13-25/h1-5,8-13,26H,6-7H2/b24-17+. The fourth-order valence-corrected chi connectivity index (χ4v) is 3.92. The molecule has 0 aliphatic heterocycles. The van der Waals surface area contributed by atoms with Gasteiger partial charge in [0.05, 0.1) is 18.3 Å². The van der Waals surface area contributed by atoms with Crippen molar-refractivity contribution in [3.05, 3.63) is 72.1 Å². The number of thiophene rings is 1. The van der Waals surface area contributed by atoms with Crippen LogP contribution in [0.25, 0.3) is 32.5 Å². The van der Waals surface area contributed by atoms with E-state index in [-0.39, 0.29) is 0 Å². The molecule has 0 aliphatic carbocycles. The Morgan fingerprint density at radius 2 is 2.17 bits per heavy atom. The molecule has 144 valence electrons. The highest BCUT2D eigenvalue weighted by Crippen LogP contribution is 2.27. The number of imidazole rings is 1. The fourth-order valence-electron chi connectivity index (χ4n) is 3.12. The van der Waals surface area contributed by atoms with Crippen molar-refractivity contribution < 1.29 is 14.4 Å². The molecule has 0 amide bonds. The van der Waals surface area contributed by atoms with Crippen LogP contribution in [0.3, 0.4) is 0 Å². The molecule has 29 heavy (non-hydrogen) atoms. The van der Waals surface area contributed by atoms with Gasteiger partial charge < -0.3 is 18.9 Å². The van der Waals surface area contributed by atoms with E-state index in [2.05, 4.69) is 15.1 Å². The first-order valence-corrected chi connectivity index (χ1v) is 9.86. The average molecular weight is 404 g/mol. The highest BCUT2D eigenvalue weighted by molar-refractivity contribution is 7.17. The van der Waals surface area contributed by atoms with Gasteiger partial charge >= 0.3 is 0 Å². The minimum Gasteiger partial charge on any atom is -0.492 e. The zero-order valence-electron chi connectivity index (χ0n) is 15.2. The summed E-state index contributed by atoms with van der Waals surface area (Å²) in [5.41, 5.74) is 1.28. The summed E-state index contributed by atoms with van der Waals surface area (Å²) in [5, 5.41) is 17.2. The molecule has 0 radical (unpaired) electrons. The second-order valence-corrected chi connectivity index (χ2v) is 7.38. The van der Waals surface area contributed by atoms with E-state index >= 15 is 0 Å². The van der Waals surface area contributed by atoms with Crippen LogP contribution < -0.4 is 10.1 Å². The number of pyridine rings is 1. The van der Waals surface area contributed by atoms with Gasteiger partial charge in [0.2, 0.25) is 0 Å². The quantitative estimate of drug-likeness (QED) is 0.349. The van der Waals surface area contributed by atoms with Gasteiger partial charge in [-0.15, -0.1) is 11.3 Å². The van der Waals surface area contributed by atoms with E-state index in [0.29, 0.717) is 46.7 Å². The normalized spacial score (nSPS) is 12.1. The van der Waals surface area contributed by atoms with Crippen LogP contribution in [-0.4, -0.2) is 26.3 Å². The van der Waals surface area contributed by atoms with E-state index in [9.17, 15) is 5.21 Å². The second-order valence-electron chi connectivity index (χ2n) is 6.43. The molecule has 0 bridgehead atoms. The lowest BCUT2D eigenvalue weighted by atomic mass is 10.1. The first-order chi connectivity index (χ1) is 14.3. The maximum atomic E-state index is 9.55. The molecule has 0 spiro atoms. The molecule has 4 heterocycles. The lowest BCUT2D eigenvalue weighted by Crippen LogP contribution is -2.07. The predicted molar refractivity (Wildman–Crippen MR) is 110 cm³/mol. The van der Waals surface area contributed by atoms with E-state index in [1.165, 1.54) is 0 Å². The second kappa shape index (κ2) is 7.40. The van der Waals surface area contributed by atoms with Crippen LogP contribution in [0.1, 0.15) is 0 Å². The van der Waals surface area contributed by atoms with Gasteiger partial charge in [-0.25, -0.2) is 4.98 Å².